The zero-order chi connectivity index (χ0) is 26.1. The van der Waals surface area contributed by atoms with Crippen LogP contribution >= 0.6 is 0 Å². The molecule has 6 nitrogen and oxygen atoms in total. The fourth-order valence-corrected chi connectivity index (χ4v) is 5.19. The first-order valence-corrected chi connectivity index (χ1v) is 12.9. The maximum atomic E-state index is 13.5. The number of pyridine rings is 2. The second-order valence-corrected chi connectivity index (χ2v) is 9.68. The van der Waals surface area contributed by atoms with E-state index in [2.05, 4.69) is 55.9 Å². The number of fused-ring (bicyclic) bond motifs is 2. The molecule has 1 fully saturated rings. The van der Waals surface area contributed by atoms with Crippen LogP contribution in [0.4, 0.5) is 4.39 Å². The van der Waals surface area contributed by atoms with E-state index in [1.165, 1.54) is 30.5 Å². The van der Waals surface area contributed by atoms with Gasteiger partial charge in [-0.1, -0.05) is 30.9 Å². The van der Waals surface area contributed by atoms with Gasteiger partial charge in [-0.2, -0.15) is 5.10 Å². The third kappa shape index (κ3) is 4.57. The van der Waals surface area contributed by atoms with Crippen molar-refractivity contribution >= 4 is 27.4 Å². The molecule has 1 saturated heterocycles. The molecule has 4 aromatic heterocycles. The van der Waals surface area contributed by atoms with Gasteiger partial charge < -0.3 is 4.98 Å². The first kappa shape index (κ1) is 24.0. The van der Waals surface area contributed by atoms with Crippen molar-refractivity contribution in [1.82, 2.24) is 30.0 Å². The summed E-state index contributed by atoms with van der Waals surface area (Å²) in [5.41, 5.74) is 8.39. The first-order valence-electron chi connectivity index (χ1n) is 12.9. The Morgan fingerprint density at radius 1 is 1.05 bits per heavy atom. The summed E-state index contributed by atoms with van der Waals surface area (Å²) in [7, 11) is 0. The molecular formula is C31H29FN6. The first-order chi connectivity index (χ1) is 18.6. The number of aromatic nitrogens is 5. The lowest BCUT2D eigenvalue weighted by Gasteiger charge is -2.15. The molecule has 1 aliphatic heterocycles. The van der Waals surface area contributed by atoms with Crippen LogP contribution in [0.3, 0.4) is 0 Å². The number of allylic oxidation sites excluding steroid dienone is 3. The number of hydrogen-bond donors (Lipinski definition) is 2. The molecular weight excluding hydrogens is 475 g/mol. The number of halogens is 1. The third-order valence-corrected chi connectivity index (χ3v) is 7.22. The van der Waals surface area contributed by atoms with Crippen LogP contribution in [0, 0.1) is 5.82 Å². The summed E-state index contributed by atoms with van der Waals surface area (Å²) in [4.78, 5) is 15.1. The fourth-order valence-electron chi connectivity index (χ4n) is 5.19. The van der Waals surface area contributed by atoms with Crippen LogP contribution in [0.15, 0.2) is 85.4 Å². The zero-order valence-corrected chi connectivity index (χ0v) is 21.3. The number of nitrogens with one attached hydrogen (secondary N) is 2. The van der Waals surface area contributed by atoms with Gasteiger partial charge in [0.25, 0.3) is 0 Å². The van der Waals surface area contributed by atoms with Gasteiger partial charge in [0.05, 0.1) is 34.8 Å². The van der Waals surface area contributed by atoms with Crippen molar-refractivity contribution in [2.45, 2.75) is 19.8 Å². The number of benzene rings is 1. The molecule has 7 heteroatoms. The van der Waals surface area contributed by atoms with Crippen LogP contribution < -0.4 is 0 Å². The van der Waals surface area contributed by atoms with E-state index in [9.17, 15) is 4.39 Å². The molecule has 0 amide bonds. The van der Waals surface area contributed by atoms with E-state index in [0.717, 1.165) is 75.2 Å². The van der Waals surface area contributed by atoms with Crippen molar-refractivity contribution in [3.63, 3.8) is 0 Å². The van der Waals surface area contributed by atoms with Gasteiger partial charge >= 0.3 is 0 Å². The highest BCUT2D eigenvalue weighted by atomic mass is 19.1. The summed E-state index contributed by atoms with van der Waals surface area (Å²) in [5.74, 6) is -0.261. The Labute approximate surface area is 220 Å². The maximum absolute atomic E-state index is 13.5. The quantitative estimate of drug-likeness (QED) is 0.236. The van der Waals surface area contributed by atoms with E-state index in [-0.39, 0.29) is 5.82 Å². The van der Waals surface area contributed by atoms with Crippen LogP contribution in [0.25, 0.3) is 49.9 Å². The number of rotatable bonds is 7. The lowest BCUT2D eigenvalue weighted by atomic mass is 10.0. The zero-order valence-electron chi connectivity index (χ0n) is 21.3. The lowest BCUT2D eigenvalue weighted by Crippen LogP contribution is -2.21. The molecule has 0 bridgehead atoms. The number of H-pyrrole nitrogens is 2. The Morgan fingerprint density at radius 3 is 2.63 bits per heavy atom. The molecule has 2 N–H and O–H groups in total. The van der Waals surface area contributed by atoms with Gasteiger partial charge in [-0.3, -0.25) is 20.0 Å². The summed E-state index contributed by atoms with van der Waals surface area (Å²) >= 11 is 0. The highest BCUT2D eigenvalue weighted by molar-refractivity contribution is 6.01. The highest BCUT2D eigenvalue weighted by Gasteiger charge is 2.16. The number of nitrogens with zero attached hydrogens (tertiary/aromatic N) is 4. The Morgan fingerprint density at radius 2 is 1.87 bits per heavy atom. The van der Waals surface area contributed by atoms with E-state index in [1.54, 1.807) is 18.3 Å². The molecule has 6 rings (SSSR count). The van der Waals surface area contributed by atoms with Crippen molar-refractivity contribution in [1.29, 1.82) is 0 Å². The van der Waals surface area contributed by atoms with Crippen molar-refractivity contribution in [2.24, 2.45) is 0 Å². The van der Waals surface area contributed by atoms with Gasteiger partial charge in [0.2, 0.25) is 0 Å². The normalized spacial score (nSPS) is 15.1. The smallest absolute Gasteiger partial charge is 0.123 e. The van der Waals surface area contributed by atoms with E-state index in [4.69, 9.17) is 4.98 Å². The summed E-state index contributed by atoms with van der Waals surface area (Å²) in [6.45, 7) is 9.27. The molecule has 0 spiro atoms. The minimum absolute atomic E-state index is 0.261. The molecule has 0 unspecified atom stereocenters. The molecule has 1 aromatic carbocycles. The molecule has 5 aromatic rings. The van der Waals surface area contributed by atoms with E-state index < -0.39 is 0 Å². The minimum Gasteiger partial charge on any atom is -0.352 e. The van der Waals surface area contributed by atoms with E-state index in [0.29, 0.717) is 0 Å². The Hall–Kier alpha value is -4.36. The second kappa shape index (κ2) is 10.2. The minimum atomic E-state index is -0.261. The van der Waals surface area contributed by atoms with Crippen molar-refractivity contribution in [2.75, 3.05) is 19.6 Å². The predicted molar refractivity (Wildman–Crippen MR) is 152 cm³/mol. The van der Waals surface area contributed by atoms with Gasteiger partial charge in [0, 0.05) is 29.1 Å². The van der Waals surface area contributed by atoms with E-state index >= 15 is 0 Å². The van der Waals surface area contributed by atoms with Gasteiger partial charge in [0.15, 0.2) is 0 Å². The third-order valence-electron chi connectivity index (χ3n) is 7.22. The SMILES string of the molecule is C=C/C(=C\C(=C/C)c1cc2c(-c3cc4c(-c5ccc(F)cc5)cncc4[nH]3)n[nH]c2cn1)CN1CCCC1. The largest absolute Gasteiger partial charge is 0.352 e. The molecule has 0 saturated carbocycles. The highest BCUT2D eigenvalue weighted by Crippen LogP contribution is 2.34. The predicted octanol–water partition coefficient (Wildman–Crippen LogP) is 6.92. The Balaban J connectivity index is 1.38. The van der Waals surface area contributed by atoms with Gasteiger partial charge in [-0.05, 0) is 79.9 Å². The van der Waals surface area contributed by atoms with Gasteiger partial charge in [0.1, 0.15) is 11.5 Å². The summed E-state index contributed by atoms with van der Waals surface area (Å²) < 4.78 is 13.5. The molecule has 5 heterocycles. The Kier molecular flexibility index (Phi) is 6.43. The summed E-state index contributed by atoms with van der Waals surface area (Å²) in [6, 6.07) is 10.6. The van der Waals surface area contributed by atoms with Crippen LogP contribution in [-0.4, -0.2) is 49.7 Å². The molecule has 0 atom stereocenters. The average Bonchev–Trinajstić information content (AvgIpc) is 3.70. The molecule has 190 valence electrons. The van der Waals surface area contributed by atoms with Crippen molar-refractivity contribution < 1.29 is 4.39 Å². The van der Waals surface area contributed by atoms with E-state index in [1.807, 2.05) is 25.4 Å². The standard InChI is InChI=1S/C31H29FN6/c1-3-20(19-38-11-5-6-12-38)13-21(4-2)27-15-25-30(18-34-27)36-37-31(25)28-14-24-26(16-33-17-29(24)35-28)22-7-9-23(32)10-8-22/h3-4,7-10,13-18,35H,1,5-6,11-12,19H2,2H3,(H,36,37)/b20-13+,21-4+. The summed E-state index contributed by atoms with van der Waals surface area (Å²) in [6.07, 6.45) is 14.2. The lowest BCUT2D eigenvalue weighted by molar-refractivity contribution is 0.371. The second-order valence-electron chi connectivity index (χ2n) is 9.68. The number of aromatic amines is 2. The molecule has 38 heavy (non-hydrogen) atoms. The van der Waals surface area contributed by atoms with Crippen molar-refractivity contribution in [3.8, 4) is 22.5 Å². The van der Waals surface area contributed by atoms with Crippen LogP contribution in [0.1, 0.15) is 25.5 Å². The van der Waals surface area contributed by atoms with Gasteiger partial charge in [-0.15, -0.1) is 0 Å². The number of likely N-dealkylation sites (tertiary alicyclic amines) is 1. The van der Waals surface area contributed by atoms with Crippen LogP contribution in [0.2, 0.25) is 0 Å². The molecule has 0 radical (unpaired) electrons. The van der Waals surface area contributed by atoms with Crippen LogP contribution in [0.5, 0.6) is 0 Å². The topological polar surface area (TPSA) is 73.5 Å². The summed E-state index contributed by atoms with van der Waals surface area (Å²) in [5, 5.41) is 9.72. The molecule has 0 aliphatic carbocycles. The fraction of sp³-hybridized carbons (Fsp3) is 0.194. The van der Waals surface area contributed by atoms with Gasteiger partial charge in [-0.25, -0.2) is 4.39 Å². The maximum Gasteiger partial charge on any atom is 0.123 e. The average molecular weight is 505 g/mol. The van der Waals surface area contributed by atoms with Crippen molar-refractivity contribution in [3.05, 3.63) is 96.9 Å². The number of hydrogen-bond acceptors (Lipinski definition) is 4. The van der Waals surface area contributed by atoms with Crippen LogP contribution in [-0.2, 0) is 0 Å². The molecule has 1 aliphatic rings. The Bertz CT molecular complexity index is 1680. The monoisotopic (exact) mass is 504 g/mol.